The van der Waals surface area contributed by atoms with E-state index in [0.29, 0.717) is 5.92 Å². The van der Waals surface area contributed by atoms with E-state index in [-0.39, 0.29) is 0 Å². The van der Waals surface area contributed by atoms with Gasteiger partial charge in [-0.2, -0.15) is 0 Å². The van der Waals surface area contributed by atoms with Crippen molar-refractivity contribution in [3.05, 3.63) is 41.5 Å². The molecular formula is C13H17N. The highest BCUT2D eigenvalue weighted by Gasteiger charge is 2.20. The lowest BCUT2D eigenvalue weighted by atomic mass is 9.99. The predicted octanol–water partition coefficient (Wildman–Crippen LogP) is 2.93. The van der Waals surface area contributed by atoms with E-state index in [9.17, 15) is 0 Å². The summed E-state index contributed by atoms with van der Waals surface area (Å²) in [5, 5.41) is 0. The number of hydrogen-bond acceptors (Lipinski definition) is 1. The monoisotopic (exact) mass is 187 g/mol. The Morgan fingerprint density at radius 1 is 1.29 bits per heavy atom. The van der Waals surface area contributed by atoms with Crippen LogP contribution in [0, 0.1) is 0 Å². The van der Waals surface area contributed by atoms with E-state index in [2.05, 4.69) is 37.3 Å². The third-order valence-corrected chi connectivity index (χ3v) is 2.88. The fourth-order valence-corrected chi connectivity index (χ4v) is 2.22. The van der Waals surface area contributed by atoms with Crippen molar-refractivity contribution in [2.45, 2.75) is 25.7 Å². The molecule has 0 aromatic heterocycles. The normalized spacial score (nSPS) is 19.3. The number of benzene rings is 1. The molecule has 14 heavy (non-hydrogen) atoms. The van der Waals surface area contributed by atoms with E-state index in [1.807, 2.05) is 0 Å². The fraction of sp³-hybridized carbons (Fsp3) is 0.385. The van der Waals surface area contributed by atoms with E-state index in [1.165, 1.54) is 29.5 Å². The molecule has 0 radical (unpaired) electrons. The summed E-state index contributed by atoms with van der Waals surface area (Å²) < 4.78 is 0. The van der Waals surface area contributed by atoms with E-state index < -0.39 is 0 Å². The maximum Gasteiger partial charge on any atom is 0.0153 e. The van der Waals surface area contributed by atoms with E-state index >= 15 is 0 Å². The minimum atomic E-state index is 0.452. The summed E-state index contributed by atoms with van der Waals surface area (Å²) in [5.41, 5.74) is 10.1. The van der Waals surface area contributed by atoms with Crippen molar-refractivity contribution in [2.75, 3.05) is 6.54 Å². The molecule has 1 aromatic carbocycles. The van der Waals surface area contributed by atoms with Gasteiger partial charge in [-0.15, -0.1) is 0 Å². The Balaban J connectivity index is 2.38. The second kappa shape index (κ2) is 3.97. The zero-order valence-corrected chi connectivity index (χ0v) is 8.66. The molecule has 1 heteroatoms. The molecule has 1 nitrogen and oxygen atoms in total. The molecule has 0 saturated heterocycles. The van der Waals surface area contributed by atoms with Gasteiger partial charge in [0.05, 0.1) is 0 Å². The van der Waals surface area contributed by atoms with Crippen LogP contribution in [0.4, 0.5) is 0 Å². The van der Waals surface area contributed by atoms with Crippen LogP contribution >= 0.6 is 0 Å². The van der Waals surface area contributed by atoms with Crippen LogP contribution in [0.15, 0.2) is 30.3 Å². The van der Waals surface area contributed by atoms with E-state index in [1.54, 1.807) is 0 Å². The Morgan fingerprint density at radius 2 is 2.07 bits per heavy atom. The predicted molar refractivity (Wildman–Crippen MR) is 61.1 cm³/mol. The Morgan fingerprint density at radius 3 is 2.79 bits per heavy atom. The van der Waals surface area contributed by atoms with Crippen molar-refractivity contribution in [1.29, 1.82) is 0 Å². The summed E-state index contributed by atoms with van der Waals surface area (Å²) in [6.07, 6.45) is 4.72. The smallest absolute Gasteiger partial charge is 0.0153 e. The SMILES string of the molecule is CCCC1=CC(CN)c2ccccc21. The molecule has 1 aliphatic carbocycles. The molecule has 2 N–H and O–H groups in total. The molecule has 0 aliphatic heterocycles. The molecule has 0 fully saturated rings. The van der Waals surface area contributed by atoms with Gasteiger partial charge in [-0.25, -0.2) is 0 Å². The lowest BCUT2D eigenvalue weighted by molar-refractivity contribution is 0.862. The highest BCUT2D eigenvalue weighted by Crippen LogP contribution is 2.37. The summed E-state index contributed by atoms with van der Waals surface area (Å²) in [5.74, 6) is 0.452. The quantitative estimate of drug-likeness (QED) is 0.773. The molecule has 0 spiro atoms. The number of hydrogen-bond donors (Lipinski definition) is 1. The molecule has 0 bridgehead atoms. The average Bonchev–Trinajstić information content (AvgIpc) is 2.58. The van der Waals surface area contributed by atoms with Crippen LogP contribution in [-0.2, 0) is 0 Å². The highest BCUT2D eigenvalue weighted by atomic mass is 14.6. The van der Waals surface area contributed by atoms with E-state index in [4.69, 9.17) is 5.73 Å². The average molecular weight is 187 g/mol. The number of allylic oxidation sites excluding steroid dienone is 1. The third kappa shape index (κ3) is 1.48. The van der Waals surface area contributed by atoms with Gasteiger partial charge in [-0.1, -0.05) is 43.7 Å². The van der Waals surface area contributed by atoms with Crippen LogP contribution in [0.2, 0.25) is 0 Å². The van der Waals surface area contributed by atoms with Crippen LogP contribution in [0.3, 0.4) is 0 Å². The zero-order valence-electron chi connectivity index (χ0n) is 8.66. The van der Waals surface area contributed by atoms with Gasteiger partial charge in [0.2, 0.25) is 0 Å². The van der Waals surface area contributed by atoms with Crippen LogP contribution in [-0.4, -0.2) is 6.54 Å². The summed E-state index contributed by atoms with van der Waals surface area (Å²) in [4.78, 5) is 0. The maximum atomic E-state index is 5.76. The minimum Gasteiger partial charge on any atom is -0.330 e. The molecular weight excluding hydrogens is 170 g/mol. The first-order valence-electron chi connectivity index (χ1n) is 5.37. The van der Waals surface area contributed by atoms with E-state index in [0.717, 1.165) is 6.54 Å². The Bertz CT molecular complexity index is 352. The first-order valence-corrected chi connectivity index (χ1v) is 5.37. The number of nitrogens with two attached hydrogens (primary N) is 1. The van der Waals surface area contributed by atoms with Gasteiger partial charge in [-0.05, 0) is 23.1 Å². The standard InChI is InChI=1S/C13H17N/c1-2-5-10-8-11(9-14)13-7-4-3-6-12(10)13/h3-4,6-8,11H,2,5,9,14H2,1H3. The van der Waals surface area contributed by atoms with Crippen molar-refractivity contribution in [3.63, 3.8) is 0 Å². The van der Waals surface area contributed by atoms with Crippen molar-refractivity contribution in [1.82, 2.24) is 0 Å². The van der Waals surface area contributed by atoms with Crippen LogP contribution < -0.4 is 5.73 Å². The summed E-state index contributed by atoms with van der Waals surface area (Å²) in [6, 6.07) is 8.63. The molecule has 1 aromatic rings. The van der Waals surface area contributed by atoms with Gasteiger partial charge in [0.15, 0.2) is 0 Å². The summed E-state index contributed by atoms with van der Waals surface area (Å²) in [6.45, 7) is 2.95. The lowest BCUT2D eigenvalue weighted by Crippen LogP contribution is -2.08. The lowest BCUT2D eigenvalue weighted by Gasteiger charge is -2.06. The van der Waals surface area contributed by atoms with Gasteiger partial charge in [0.25, 0.3) is 0 Å². The van der Waals surface area contributed by atoms with Gasteiger partial charge in [0.1, 0.15) is 0 Å². The highest BCUT2D eigenvalue weighted by molar-refractivity contribution is 5.74. The Kier molecular flexibility index (Phi) is 2.69. The molecule has 0 heterocycles. The summed E-state index contributed by atoms with van der Waals surface area (Å²) >= 11 is 0. The minimum absolute atomic E-state index is 0.452. The van der Waals surface area contributed by atoms with Crippen molar-refractivity contribution in [2.24, 2.45) is 5.73 Å². The topological polar surface area (TPSA) is 26.0 Å². The molecule has 1 aliphatic rings. The van der Waals surface area contributed by atoms with Gasteiger partial charge in [0, 0.05) is 12.5 Å². The number of fused-ring (bicyclic) bond motifs is 1. The van der Waals surface area contributed by atoms with Crippen molar-refractivity contribution < 1.29 is 0 Å². The Labute approximate surface area is 85.6 Å². The molecule has 1 unspecified atom stereocenters. The van der Waals surface area contributed by atoms with Gasteiger partial charge >= 0.3 is 0 Å². The molecule has 2 rings (SSSR count). The first kappa shape index (κ1) is 9.47. The maximum absolute atomic E-state index is 5.76. The Hall–Kier alpha value is -1.08. The van der Waals surface area contributed by atoms with Crippen LogP contribution in [0.25, 0.3) is 5.57 Å². The zero-order chi connectivity index (χ0) is 9.97. The largest absolute Gasteiger partial charge is 0.330 e. The summed E-state index contributed by atoms with van der Waals surface area (Å²) in [7, 11) is 0. The second-order valence-corrected chi connectivity index (χ2v) is 3.87. The van der Waals surface area contributed by atoms with Crippen LogP contribution in [0.5, 0.6) is 0 Å². The first-order chi connectivity index (χ1) is 6.86. The third-order valence-electron chi connectivity index (χ3n) is 2.88. The van der Waals surface area contributed by atoms with Gasteiger partial charge < -0.3 is 5.73 Å². The molecule has 0 amide bonds. The fourth-order valence-electron chi connectivity index (χ4n) is 2.22. The van der Waals surface area contributed by atoms with Crippen LogP contribution in [0.1, 0.15) is 36.8 Å². The second-order valence-electron chi connectivity index (χ2n) is 3.87. The molecule has 0 saturated carbocycles. The molecule has 1 atom stereocenters. The molecule has 74 valence electrons. The van der Waals surface area contributed by atoms with Crippen molar-refractivity contribution in [3.8, 4) is 0 Å². The van der Waals surface area contributed by atoms with Crippen molar-refractivity contribution >= 4 is 5.57 Å². The number of rotatable bonds is 3. The van der Waals surface area contributed by atoms with Gasteiger partial charge in [-0.3, -0.25) is 0 Å².